The average Bonchev–Trinajstić information content (AvgIpc) is 2.39. The van der Waals surface area contributed by atoms with E-state index in [0.29, 0.717) is 5.56 Å². The van der Waals surface area contributed by atoms with E-state index in [1.54, 1.807) is 13.2 Å². The lowest BCUT2D eigenvalue weighted by Gasteiger charge is -2.05. The molecule has 0 N–H and O–H groups in total. The molecule has 2 rings (SSSR count). The third-order valence-corrected chi connectivity index (χ3v) is 2.91. The van der Waals surface area contributed by atoms with Gasteiger partial charge in [-0.3, -0.25) is 0 Å². The number of methoxy groups -OCH3 is 1. The Morgan fingerprint density at radius 3 is 2.24 bits per heavy atom. The van der Waals surface area contributed by atoms with E-state index in [-0.39, 0.29) is 11.7 Å². The van der Waals surface area contributed by atoms with E-state index in [1.807, 2.05) is 30.3 Å². The summed E-state index contributed by atoms with van der Waals surface area (Å²) in [6, 6.07) is 12.6. The summed E-state index contributed by atoms with van der Waals surface area (Å²) in [4.78, 5) is 0. The molecule has 1 nitrogen and oxygen atoms in total. The van der Waals surface area contributed by atoms with Crippen molar-refractivity contribution in [2.24, 2.45) is 0 Å². The van der Waals surface area contributed by atoms with Crippen LogP contribution in [0.15, 0.2) is 42.5 Å². The van der Waals surface area contributed by atoms with Gasteiger partial charge in [-0.2, -0.15) is 0 Å². The maximum Gasteiger partial charge on any atom is 0.128 e. The van der Waals surface area contributed by atoms with Gasteiger partial charge in [0, 0.05) is 5.56 Å². The van der Waals surface area contributed by atoms with Crippen molar-refractivity contribution in [1.29, 1.82) is 0 Å². The van der Waals surface area contributed by atoms with Crippen LogP contribution in [0.4, 0.5) is 4.39 Å². The molecule has 17 heavy (non-hydrogen) atoms. The van der Waals surface area contributed by atoms with Crippen LogP contribution in [0.3, 0.4) is 0 Å². The molecule has 0 spiro atoms. The molecule has 0 saturated carbocycles. The van der Waals surface area contributed by atoms with Crippen molar-refractivity contribution < 1.29 is 9.13 Å². The second-order valence-corrected chi connectivity index (χ2v) is 3.94. The van der Waals surface area contributed by atoms with Crippen LogP contribution in [0.5, 0.6) is 5.75 Å². The lowest BCUT2D eigenvalue weighted by Crippen LogP contribution is -1.88. The molecule has 0 aliphatic heterocycles. The Kier molecular flexibility index (Phi) is 3.64. The molecule has 0 amide bonds. The number of hydrogen-bond acceptors (Lipinski definition) is 1. The standard InChI is InChI=1S/C14H12ClFO/c1-17-13-6-4-10(5-7-13)11-2-3-12(9-15)14(16)8-11/h2-8H,9H2,1H3. The van der Waals surface area contributed by atoms with E-state index >= 15 is 0 Å². The number of hydrogen-bond donors (Lipinski definition) is 0. The third-order valence-electron chi connectivity index (χ3n) is 2.62. The first kappa shape index (κ1) is 11.9. The van der Waals surface area contributed by atoms with Crippen molar-refractivity contribution in [3.8, 4) is 16.9 Å². The number of benzene rings is 2. The van der Waals surface area contributed by atoms with E-state index in [1.165, 1.54) is 6.07 Å². The van der Waals surface area contributed by atoms with Crippen molar-refractivity contribution in [3.05, 3.63) is 53.8 Å². The number of ether oxygens (including phenoxy) is 1. The average molecular weight is 251 g/mol. The quantitative estimate of drug-likeness (QED) is 0.741. The van der Waals surface area contributed by atoms with Gasteiger partial charge < -0.3 is 4.74 Å². The van der Waals surface area contributed by atoms with E-state index in [9.17, 15) is 4.39 Å². The molecule has 0 radical (unpaired) electrons. The van der Waals surface area contributed by atoms with Gasteiger partial charge in [-0.25, -0.2) is 4.39 Å². The van der Waals surface area contributed by atoms with Gasteiger partial charge in [-0.05, 0) is 29.3 Å². The minimum atomic E-state index is -0.270. The fourth-order valence-electron chi connectivity index (χ4n) is 1.62. The van der Waals surface area contributed by atoms with Crippen LogP contribution in [-0.2, 0) is 5.88 Å². The summed E-state index contributed by atoms with van der Waals surface area (Å²) in [7, 11) is 1.62. The summed E-state index contributed by atoms with van der Waals surface area (Å²) in [5.41, 5.74) is 2.30. The van der Waals surface area contributed by atoms with Crippen LogP contribution in [0.1, 0.15) is 5.56 Å². The smallest absolute Gasteiger partial charge is 0.128 e. The zero-order valence-corrected chi connectivity index (χ0v) is 10.2. The van der Waals surface area contributed by atoms with Crippen molar-refractivity contribution in [2.75, 3.05) is 7.11 Å². The molecule has 0 fully saturated rings. The highest BCUT2D eigenvalue weighted by molar-refractivity contribution is 6.17. The van der Waals surface area contributed by atoms with Gasteiger partial charge in [0.15, 0.2) is 0 Å². The van der Waals surface area contributed by atoms with E-state index in [2.05, 4.69) is 0 Å². The second-order valence-electron chi connectivity index (χ2n) is 3.67. The van der Waals surface area contributed by atoms with Gasteiger partial charge in [0.2, 0.25) is 0 Å². The Labute approximate surface area is 105 Å². The van der Waals surface area contributed by atoms with Gasteiger partial charge in [-0.15, -0.1) is 11.6 Å². The fourth-order valence-corrected chi connectivity index (χ4v) is 1.84. The first-order valence-corrected chi connectivity index (χ1v) is 5.77. The normalized spacial score (nSPS) is 10.3. The first-order valence-electron chi connectivity index (χ1n) is 5.23. The molecule has 3 heteroatoms. The highest BCUT2D eigenvalue weighted by Gasteiger charge is 2.04. The van der Waals surface area contributed by atoms with Crippen LogP contribution in [0.25, 0.3) is 11.1 Å². The molecular weight excluding hydrogens is 239 g/mol. The zero-order chi connectivity index (χ0) is 12.3. The number of alkyl halides is 1. The topological polar surface area (TPSA) is 9.23 Å². The molecule has 2 aromatic rings. The molecule has 0 atom stereocenters. The summed E-state index contributed by atoms with van der Waals surface area (Å²) in [5.74, 6) is 0.703. The minimum Gasteiger partial charge on any atom is -0.497 e. The third kappa shape index (κ3) is 2.59. The Balaban J connectivity index is 2.35. The Bertz CT molecular complexity index is 508. The molecule has 0 aliphatic rings. The zero-order valence-electron chi connectivity index (χ0n) is 9.41. The van der Waals surface area contributed by atoms with E-state index in [4.69, 9.17) is 16.3 Å². The maximum atomic E-state index is 13.6. The molecule has 0 aromatic heterocycles. The van der Waals surface area contributed by atoms with Crippen LogP contribution in [-0.4, -0.2) is 7.11 Å². The highest BCUT2D eigenvalue weighted by atomic mass is 35.5. The lowest BCUT2D eigenvalue weighted by atomic mass is 10.0. The maximum absolute atomic E-state index is 13.6. The SMILES string of the molecule is COc1ccc(-c2ccc(CCl)c(F)c2)cc1. The fraction of sp³-hybridized carbons (Fsp3) is 0.143. The molecule has 0 unspecified atom stereocenters. The Morgan fingerprint density at radius 2 is 1.71 bits per heavy atom. The minimum absolute atomic E-state index is 0.189. The van der Waals surface area contributed by atoms with E-state index in [0.717, 1.165) is 16.9 Å². The van der Waals surface area contributed by atoms with Gasteiger partial charge in [-0.1, -0.05) is 24.3 Å². The lowest BCUT2D eigenvalue weighted by molar-refractivity contribution is 0.415. The molecule has 0 saturated heterocycles. The first-order chi connectivity index (χ1) is 8.24. The van der Waals surface area contributed by atoms with Crippen LogP contribution in [0, 0.1) is 5.82 Å². The summed E-state index contributed by atoms with van der Waals surface area (Å²) >= 11 is 5.61. The van der Waals surface area contributed by atoms with Gasteiger partial charge in [0.1, 0.15) is 11.6 Å². The second kappa shape index (κ2) is 5.19. The van der Waals surface area contributed by atoms with Gasteiger partial charge in [0.25, 0.3) is 0 Å². The Hall–Kier alpha value is -1.54. The van der Waals surface area contributed by atoms with Gasteiger partial charge in [0.05, 0.1) is 13.0 Å². The number of rotatable bonds is 3. The predicted molar refractivity (Wildman–Crippen MR) is 67.9 cm³/mol. The summed E-state index contributed by atoms with van der Waals surface area (Å²) in [6.45, 7) is 0. The monoisotopic (exact) mass is 250 g/mol. The molecule has 2 aromatic carbocycles. The van der Waals surface area contributed by atoms with Crippen molar-refractivity contribution in [2.45, 2.75) is 5.88 Å². The van der Waals surface area contributed by atoms with E-state index < -0.39 is 0 Å². The van der Waals surface area contributed by atoms with Crippen molar-refractivity contribution >= 4 is 11.6 Å². The number of halogens is 2. The molecule has 0 heterocycles. The van der Waals surface area contributed by atoms with Crippen LogP contribution < -0.4 is 4.74 Å². The molecule has 88 valence electrons. The molecule has 0 aliphatic carbocycles. The van der Waals surface area contributed by atoms with Crippen molar-refractivity contribution in [3.63, 3.8) is 0 Å². The van der Waals surface area contributed by atoms with Crippen LogP contribution >= 0.6 is 11.6 Å². The van der Waals surface area contributed by atoms with Crippen molar-refractivity contribution in [1.82, 2.24) is 0 Å². The molecular formula is C14H12ClFO. The largest absolute Gasteiger partial charge is 0.497 e. The summed E-state index contributed by atoms with van der Waals surface area (Å²) in [6.07, 6.45) is 0. The predicted octanol–water partition coefficient (Wildman–Crippen LogP) is 4.24. The summed E-state index contributed by atoms with van der Waals surface area (Å²) in [5, 5.41) is 0. The molecule has 0 bridgehead atoms. The highest BCUT2D eigenvalue weighted by Crippen LogP contribution is 2.24. The summed E-state index contributed by atoms with van der Waals surface area (Å²) < 4.78 is 18.6. The Morgan fingerprint density at radius 1 is 1.06 bits per heavy atom. The van der Waals surface area contributed by atoms with Gasteiger partial charge >= 0.3 is 0 Å². The van der Waals surface area contributed by atoms with Crippen LogP contribution in [0.2, 0.25) is 0 Å².